The van der Waals surface area contributed by atoms with Crippen molar-refractivity contribution < 1.29 is 19.1 Å². The van der Waals surface area contributed by atoms with Crippen LogP contribution in [0.15, 0.2) is 9.98 Å². The summed E-state index contributed by atoms with van der Waals surface area (Å²) in [6.07, 6.45) is 11.1. The lowest BCUT2D eigenvalue weighted by atomic mass is 10.1. The van der Waals surface area contributed by atoms with E-state index in [1.807, 2.05) is 13.8 Å². The zero-order valence-corrected chi connectivity index (χ0v) is 22.4. The Hall–Kier alpha value is -2.52. The van der Waals surface area contributed by atoms with Crippen LogP contribution in [0.2, 0.25) is 0 Å². The molecule has 0 aliphatic rings. The monoisotopic (exact) mass is 498 g/mol. The van der Waals surface area contributed by atoms with Gasteiger partial charge in [-0.1, -0.05) is 79.1 Å². The van der Waals surface area contributed by atoms with E-state index < -0.39 is 12.2 Å². The number of hydrogen-bond acceptors (Lipinski definition) is 6. The minimum Gasteiger partial charge on any atom is -0.449 e. The Labute approximate surface area is 212 Å². The standard InChI is InChI=1S/C25H50N6O4/c1-20(2)15-18-34-24(32)30-22(26)28-16-13-11-9-7-5-6-8-10-12-14-17-29-23(27)31-25(33)35-19-21(3)4/h20-21H,5-19H2,1-4H3,(H3,26,28,30,32)(H3,27,29,31,33). The van der Waals surface area contributed by atoms with Crippen LogP contribution >= 0.6 is 0 Å². The number of nitrogens with one attached hydrogen (secondary N) is 2. The van der Waals surface area contributed by atoms with Crippen LogP contribution in [0.5, 0.6) is 0 Å². The molecule has 0 heterocycles. The Morgan fingerprint density at radius 3 is 1.46 bits per heavy atom. The Kier molecular flexibility index (Phi) is 20.4. The number of hydrogen-bond donors (Lipinski definition) is 4. The molecule has 6 N–H and O–H groups in total. The van der Waals surface area contributed by atoms with Crippen molar-refractivity contribution in [3.05, 3.63) is 0 Å². The van der Waals surface area contributed by atoms with Crippen LogP contribution in [0.1, 0.15) is 98.3 Å². The lowest BCUT2D eigenvalue weighted by Crippen LogP contribution is -2.37. The maximum atomic E-state index is 11.5. The minimum atomic E-state index is -0.552. The summed E-state index contributed by atoms with van der Waals surface area (Å²) in [5, 5.41) is 4.88. The third-order valence-electron chi connectivity index (χ3n) is 5.07. The van der Waals surface area contributed by atoms with Gasteiger partial charge in [0.15, 0.2) is 11.9 Å². The van der Waals surface area contributed by atoms with E-state index in [-0.39, 0.29) is 17.8 Å². The molecule has 0 bridgehead atoms. The summed E-state index contributed by atoms with van der Waals surface area (Å²) in [5.74, 6) is 1.00. The molecule has 0 fully saturated rings. The van der Waals surface area contributed by atoms with Crippen LogP contribution in [0.3, 0.4) is 0 Å². The van der Waals surface area contributed by atoms with Crippen LogP contribution in [0.25, 0.3) is 0 Å². The molecule has 0 atom stereocenters. The quantitative estimate of drug-likeness (QED) is 0.122. The highest BCUT2D eigenvalue weighted by Gasteiger charge is 2.05. The highest BCUT2D eigenvalue weighted by Crippen LogP contribution is 2.10. The van der Waals surface area contributed by atoms with Crippen molar-refractivity contribution in [1.82, 2.24) is 10.6 Å². The molecule has 0 rings (SSSR count). The molecule has 0 aliphatic heterocycles. The average molecular weight is 499 g/mol. The number of unbranched alkanes of at least 4 members (excludes halogenated alkanes) is 9. The average Bonchev–Trinajstić information content (AvgIpc) is 2.77. The Balaban J connectivity index is 3.51. The third kappa shape index (κ3) is 24.4. The lowest BCUT2D eigenvalue weighted by molar-refractivity contribution is 0.138. The van der Waals surface area contributed by atoms with Gasteiger partial charge in [-0.3, -0.25) is 20.6 Å². The van der Waals surface area contributed by atoms with Crippen LogP contribution in [0, 0.1) is 11.8 Å². The van der Waals surface area contributed by atoms with Crippen molar-refractivity contribution in [1.29, 1.82) is 0 Å². The second kappa shape index (κ2) is 22.0. The predicted molar refractivity (Wildman–Crippen MR) is 142 cm³/mol. The van der Waals surface area contributed by atoms with Crippen LogP contribution in [-0.2, 0) is 9.47 Å². The van der Waals surface area contributed by atoms with Gasteiger partial charge in [-0.2, -0.15) is 0 Å². The summed E-state index contributed by atoms with van der Waals surface area (Å²) in [4.78, 5) is 31.3. The summed E-state index contributed by atoms with van der Waals surface area (Å²) >= 11 is 0. The molecule has 0 aromatic heterocycles. The minimum absolute atomic E-state index is 0.114. The SMILES string of the molecule is CC(C)CCOC(=O)NC(N)=NCCCCCCCCCCCCN=C(N)NC(=O)OCC(C)C. The zero-order chi connectivity index (χ0) is 26.3. The van der Waals surface area contributed by atoms with Crippen molar-refractivity contribution in [2.24, 2.45) is 33.3 Å². The molecule has 0 saturated carbocycles. The molecule has 35 heavy (non-hydrogen) atoms. The number of aliphatic imine (C=N–C) groups is 2. The smallest absolute Gasteiger partial charge is 0.413 e. The van der Waals surface area contributed by atoms with E-state index in [0.29, 0.717) is 32.2 Å². The van der Waals surface area contributed by atoms with E-state index >= 15 is 0 Å². The van der Waals surface area contributed by atoms with Gasteiger partial charge >= 0.3 is 12.2 Å². The first kappa shape index (κ1) is 32.5. The first-order valence-corrected chi connectivity index (χ1v) is 13.2. The Morgan fingerprint density at radius 2 is 1.06 bits per heavy atom. The van der Waals surface area contributed by atoms with Gasteiger partial charge in [0.25, 0.3) is 0 Å². The van der Waals surface area contributed by atoms with Crippen LogP contribution in [-0.4, -0.2) is 50.4 Å². The van der Waals surface area contributed by atoms with E-state index in [0.717, 1.165) is 32.1 Å². The normalized spacial score (nSPS) is 12.2. The van der Waals surface area contributed by atoms with E-state index in [2.05, 4.69) is 34.5 Å². The first-order chi connectivity index (χ1) is 16.7. The summed E-state index contributed by atoms with van der Waals surface area (Å²) < 4.78 is 10.0. The number of nitrogens with two attached hydrogens (primary N) is 2. The molecule has 10 nitrogen and oxygen atoms in total. The predicted octanol–water partition coefficient (Wildman–Crippen LogP) is 4.67. The number of guanidine groups is 2. The fraction of sp³-hybridized carbons (Fsp3) is 0.840. The van der Waals surface area contributed by atoms with Gasteiger partial charge in [0.2, 0.25) is 0 Å². The van der Waals surface area contributed by atoms with Crippen molar-refractivity contribution in [3.63, 3.8) is 0 Å². The highest BCUT2D eigenvalue weighted by atomic mass is 16.6. The van der Waals surface area contributed by atoms with Gasteiger partial charge in [-0.15, -0.1) is 0 Å². The van der Waals surface area contributed by atoms with E-state index in [9.17, 15) is 9.59 Å². The molecule has 0 aromatic carbocycles. The molecule has 2 amide bonds. The topological polar surface area (TPSA) is 153 Å². The van der Waals surface area contributed by atoms with Crippen molar-refractivity contribution >= 4 is 24.1 Å². The van der Waals surface area contributed by atoms with Crippen molar-refractivity contribution in [2.75, 3.05) is 26.3 Å². The van der Waals surface area contributed by atoms with Crippen LogP contribution < -0.4 is 22.1 Å². The fourth-order valence-corrected chi connectivity index (χ4v) is 3.03. The molecule has 10 heteroatoms. The molecular formula is C25H50N6O4. The van der Waals surface area contributed by atoms with Crippen molar-refractivity contribution in [3.8, 4) is 0 Å². The second-order valence-electron chi connectivity index (χ2n) is 9.63. The van der Waals surface area contributed by atoms with Gasteiger partial charge in [0, 0.05) is 13.1 Å². The van der Waals surface area contributed by atoms with E-state index in [1.54, 1.807) is 0 Å². The molecule has 204 valence electrons. The van der Waals surface area contributed by atoms with Gasteiger partial charge < -0.3 is 20.9 Å². The van der Waals surface area contributed by atoms with Gasteiger partial charge in [-0.25, -0.2) is 9.59 Å². The number of nitrogens with zero attached hydrogens (tertiary/aromatic N) is 2. The third-order valence-corrected chi connectivity index (χ3v) is 5.07. The number of rotatable bonds is 18. The Morgan fingerprint density at radius 1 is 0.657 bits per heavy atom. The lowest BCUT2D eigenvalue weighted by Gasteiger charge is -2.08. The number of alkyl carbamates (subject to hydrolysis) is 2. The molecule has 0 saturated heterocycles. The maximum absolute atomic E-state index is 11.5. The summed E-state index contributed by atoms with van der Waals surface area (Å²) in [5.41, 5.74) is 11.4. The highest BCUT2D eigenvalue weighted by molar-refractivity contribution is 5.93. The number of amides is 2. The first-order valence-electron chi connectivity index (χ1n) is 13.2. The second-order valence-corrected chi connectivity index (χ2v) is 9.63. The number of carbonyl (C=O) groups is 2. The fourth-order valence-electron chi connectivity index (χ4n) is 3.03. The molecule has 0 spiro atoms. The molecule has 0 aliphatic carbocycles. The van der Waals surface area contributed by atoms with E-state index in [4.69, 9.17) is 20.9 Å². The Bertz CT molecular complexity index is 623. The van der Waals surface area contributed by atoms with Gasteiger partial charge in [-0.05, 0) is 31.1 Å². The number of ether oxygens (including phenoxy) is 2. The summed E-state index contributed by atoms with van der Waals surface area (Å²) in [7, 11) is 0. The van der Waals surface area contributed by atoms with Crippen molar-refractivity contribution in [2.45, 2.75) is 98.3 Å². The van der Waals surface area contributed by atoms with E-state index in [1.165, 1.54) is 38.5 Å². The zero-order valence-electron chi connectivity index (χ0n) is 22.4. The molecule has 0 radical (unpaired) electrons. The maximum Gasteiger partial charge on any atom is 0.413 e. The van der Waals surface area contributed by atoms with Gasteiger partial charge in [0.05, 0.1) is 13.2 Å². The summed E-state index contributed by atoms with van der Waals surface area (Å²) in [6, 6.07) is 0. The molecular weight excluding hydrogens is 448 g/mol. The summed E-state index contributed by atoms with van der Waals surface area (Å²) in [6.45, 7) is 10.1. The molecule has 0 aromatic rings. The largest absolute Gasteiger partial charge is 0.449 e. The number of carbonyl (C=O) groups excluding carboxylic acids is 2. The van der Waals surface area contributed by atoms with Gasteiger partial charge in [0.1, 0.15) is 0 Å². The molecule has 0 unspecified atom stereocenters. The van der Waals surface area contributed by atoms with Crippen LogP contribution in [0.4, 0.5) is 9.59 Å².